The molecular weight excluding hydrogens is 534 g/mol. The Balaban J connectivity index is 0.00000380. The molecule has 1 atom stereocenters. The minimum Gasteiger partial charge on any atom is -0.462 e. The highest BCUT2D eigenvalue weighted by Gasteiger charge is 2.32. The van der Waals surface area contributed by atoms with Gasteiger partial charge in [0.05, 0.1) is 17.1 Å². The van der Waals surface area contributed by atoms with Crippen molar-refractivity contribution < 1.29 is 22.7 Å². The van der Waals surface area contributed by atoms with Crippen LogP contribution in [0.2, 0.25) is 0 Å². The van der Waals surface area contributed by atoms with Crippen LogP contribution in [0.1, 0.15) is 78.1 Å². The molecule has 1 N–H and O–H groups in total. The second kappa shape index (κ2) is 12.3. The third kappa shape index (κ3) is 6.20. The van der Waals surface area contributed by atoms with Crippen molar-refractivity contribution in [3.05, 3.63) is 45.8 Å². The summed E-state index contributed by atoms with van der Waals surface area (Å²) in [5.41, 5.74) is 1.71. The van der Waals surface area contributed by atoms with Crippen LogP contribution < -0.4 is 5.32 Å². The number of fused-ring (bicyclic) bond motifs is 1. The number of halogens is 1. The van der Waals surface area contributed by atoms with Gasteiger partial charge in [-0.05, 0) is 76.8 Å². The summed E-state index contributed by atoms with van der Waals surface area (Å²) in [5.74, 6) is -0.824. The van der Waals surface area contributed by atoms with Crippen LogP contribution in [0, 0.1) is 0 Å². The SMILES string of the molecule is CCOC(=O)c1c(NC(=O)c2ccc(S(=O)(=O)N3CCCCC3C)cc2)sc2c1CCN(C(C)C)C2.Cl. The van der Waals surface area contributed by atoms with Gasteiger partial charge in [0.2, 0.25) is 10.0 Å². The summed E-state index contributed by atoms with van der Waals surface area (Å²) < 4.78 is 33.1. The van der Waals surface area contributed by atoms with E-state index in [1.54, 1.807) is 11.2 Å². The molecule has 2 aromatic rings. The number of esters is 1. The molecule has 1 fully saturated rings. The highest BCUT2D eigenvalue weighted by Crippen LogP contribution is 2.38. The van der Waals surface area contributed by atoms with Gasteiger partial charge in [0.15, 0.2) is 0 Å². The molecule has 2 aliphatic rings. The quantitative estimate of drug-likeness (QED) is 0.475. The van der Waals surface area contributed by atoms with Crippen LogP contribution in [0.25, 0.3) is 0 Å². The van der Waals surface area contributed by atoms with E-state index in [-0.39, 0.29) is 30.0 Å². The fourth-order valence-corrected chi connectivity index (χ4v) is 7.84. The predicted molar refractivity (Wildman–Crippen MR) is 148 cm³/mol. The molecule has 1 aromatic heterocycles. The van der Waals surface area contributed by atoms with Crippen LogP contribution in [0.5, 0.6) is 0 Å². The molecule has 2 aliphatic heterocycles. The molecule has 0 aliphatic carbocycles. The normalized spacial score (nSPS) is 18.7. The van der Waals surface area contributed by atoms with E-state index in [1.807, 2.05) is 6.92 Å². The fraction of sp³-hybridized carbons (Fsp3) is 0.538. The Kier molecular flexibility index (Phi) is 9.79. The monoisotopic (exact) mass is 569 g/mol. The Bertz CT molecular complexity index is 1230. The van der Waals surface area contributed by atoms with Gasteiger partial charge in [0, 0.05) is 42.2 Å². The topological polar surface area (TPSA) is 96.0 Å². The number of nitrogens with one attached hydrogen (secondary N) is 1. The lowest BCUT2D eigenvalue weighted by molar-refractivity contribution is 0.0526. The van der Waals surface area contributed by atoms with Crippen LogP contribution in [0.4, 0.5) is 5.00 Å². The first-order valence-corrected chi connectivity index (χ1v) is 14.9. The van der Waals surface area contributed by atoms with Crippen molar-refractivity contribution in [1.82, 2.24) is 9.21 Å². The van der Waals surface area contributed by atoms with Crippen LogP contribution in [-0.2, 0) is 27.7 Å². The van der Waals surface area contributed by atoms with Crippen molar-refractivity contribution in [2.45, 2.75) is 76.9 Å². The molecule has 1 saturated heterocycles. The van der Waals surface area contributed by atoms with Crippen molar-refractivity contribution in [2.75, 3.05) is 25.0 Å². The van der Waals surface area contributed by atoms with E-state index in [1.165, 1.54) is 35.6 Å². The largest absolute Gasteiger partial charge is 0.462 e. The zero-order chi connectivity index (χ0) is 26.0. The number of ether oxygens (including phenoxy) is 1. The molecule has 11 heteroatoms. The summed E-state index contributed by atoms with van der Waals surface area (Å²) in [7, 11) is -3.61. The van der Waals surface area contributed by atoms with Gasteiger partial charge in [0.1, 0.15) is 5.00 Å². The maximum atomic E-state index is 13.1. The van der Waals surface area contributed by atoms with E-state index >= 15 is 0 Å². The molecule has 37 heavy (non-hydrogen) atoms. The molecule has 8 nitrogen and oxygen atoms in total. The Hall–Kier alpha value is -1.98. The number of piperidine rings is 1. The second-order valence-electron chi connectivity index (χ2n) is 9.68. The zero-order valence-corrected chi connectivity index (χ0v) is 24.2. The lowest BCUT2D eigenvalue weighted by atomic mass is 10.0. The number of benzene rings is 1. The van der Waals surface area contributed by atoms with Crippen molar-refractivity contribution in [3.8, 4) is 0 Å². The highest BCUT2D eigenvalue weighted by atomic mass is 35.5. The maximum absolute atomic E-state index is 13.1. The summed E-state index contributed by atoms with van der Waals surface area (Å²) in [6.07, 6.45) is 3.45. The van der Waals surface area contributed by atoms with Crippen LogP contribution in [0.3, 0.4) is 0 Å². The van der Waals surface area contributed by atoms with Gasteiger partial charge >= 0.3 is 5.97 Å². The lowest BCUT2D eigenvalue weighted by Gasteiger charge is -2.32. The van der Waals surface area contributed by atoms with Gasteiger partial charge in [-0.25, -0.2) is 13.2 Å². The van der Waals surface area contributed by atoms with Crippen LogP contribution in [0.15, 0.2) is 29.2 Å². The number of hydrogen-bond donors (Lipinski definition) is 1. The van der Waals surface area contributed by atoms with Gasteiger partial charge in [-0.2, -0.15) is 4.31 Å². The Labute approximate surface area is 229 Å². The Morgan fingerprint density at radius 3 is 2.49 bits per heavy atom. The van der Waals surface area contributed by atoms with Crippen molar-refractivity contribution in [2.24, 2.45) is 0 Å². The summed E-state index contributed by atoms with van der Waals surface area (Å²) in [6.45, 7) is 10.3. The minimum absolute atomic E-state index is 0. The van der Waals surface area contributed by atoms with E-state index in [0.29, 0.717) is 28.7 Å². The third-order valence-corrected chi connectivity index (χ3v) is 10.1. The Morgan fingerprint density at radius 2 is 1.86 bits per heavy atom. The van der Waals surface area contributed by atoms with Gasteiger partial charge in [-0.3, -0.25) is 9.69 Å². The zero-order valence-electron chi connectivity index (χ0n) is 21.8. The standard InChI is InChI=1S/C26H35N3O5S2.ClH/c1-5-34-26(31)23-21-13-15-28(17(2)3)16-22(21)35-25(23)27-24(30)19-9-11-20(12-10-19)36(32,33)29-14-7-6-8-18(29)4;/h9-12,17-18H,5-8,13-16H2,1-4H3,(H,27,30);1H. The van der Waals surface area contributed by atoms with Gasteiger partial charge in [-0.15, -0.1) is 23.7 Å². The number of sulfonamides is 1. The molecule has 204 valence electrons. The average molecular weight is 570 g/mol. The summed E-state index contributed by atoms with van der Waals surface area (Å²) in [6, 6.07) is 6.36. The van der Waals surface area contributed by atoms with E-state index < -0.39 is 21.9 Å². The molecule has 0 spiro atoms. The lowest BCUT2D eigenvalue weighted by Crippen LogP contribution is -2.41. The van der Waals surface area contributed by atoms with Crippen LogP contribution >= 0.6 is 23.7 Å². The summed E-state index contributed by atoms with van der Waals surface area (Å²) >= 11 is 1.41. The van der Waals surface area contributed by atoms with E-state index in [9.17, 15) is 18.0 Å². The number of hydrogen-bond acceptors (Lipinski definition) is 7. The smallest absolute Gasteiger partial charge is 0.341 e. The number of carbonyl (C=O) groups is 2. The molecule has 0 radical (unpaired) electrons. The average Bonchev–Trinajstić information content (AvgIpc) is 3.21. The predicted octanol–water partition coefficient (Wildman–Crippen LogP) is 4.93. The van der Waals surface area contributed by atoms with E-state index in [2.05, 4.69) is 24.1 Å². The first-order chi connectivity index (χ1) is 17.1. The highest BCUT2D eigenvalue weighted by molar-refractivity contribution is 7.89. The number of anilines is 1. The number of rotatable bonds is 7. The van der Waals surface area contributed by atoms with E-state index in [0.717, 1.165) is 49.2 Å². The van der Waals surface area contributed by atoms with Crippen molar-refractivity contribution >= 4 is 50.6 Å². The first-order valence-electron chi connectivity index (χ1n) is 12.6. The molecule has 1 amide bonds. The third-order valence-electron chi connectivity index (χ3n) is 6.99. The number of carbonyl (C=O) groups excluding carboxylic acids is 2. The Morgan fingerprint density at radius 1 is 1.16 bits per heavy atom. The molecule has 1 unspecified atom stereocenters. The fourth-order valence-electron chi connectivity index (χ4n) is 4.89. The van der Waals surface area contributed by atoms with Gasteiger partial charge < -0.3 is 10.1 Å². The number of thiophene rings is 1. The summed E-state index contributed by atoms with van der Waals surface area (Å²) in [4.78, 5) is 29.5. The maximum Gasteiger partial charge on any atom is 0.341 e. The van der Waals surface area contributed by atoms with Crippen LogP contribution in [-0.4, -0.2) is 61.3 Å². The second-order valence-corrected chi connectivity index (χ2v) is 12.7. The number of nitrogens with zero attached hydrogens (tertiary/aromatic N) is 2. The van der Waals surface area contributed by atoms with Gasteiger partial charge in [-0.1, -0.05) is 6.42 Å². The molecule has 0 bridgehead atoms. The van der Waals surface area contributed by atoms with E-state index in [4.69, 9.17) is 4.74 Å². The minimum atomic E-state index is -3.61. The molecule has 1 aromatic carbocycles. The number of amides is 1. The first kappa shape index (κ1) is 29.6. The molecule has 0 saturated carbocycles. The summed E-state index contributed by atoms with van der Waals surface area (Å²) in [5, 5.41) is 3.38. The molecule has 3 heterocycles. The molecule has 4 rings (SSSR count). The van der Waals surface area contributed by atoms with Gasteiger partial charge in [0.25, 0.3) is 5.91 Å². The molecular formula is C26H36ClN3O5S2. The van der Waals surface area contributed by atoms with Crippen molar-refractivity contribution in [3.63, 3.8) is 0 Å². The van der Waals surface area contributed by atoms with Crippen molar-refractivity contribution in [1.29, 1.82) is 0 Å².